The molecule has 0 heterocycles. The molecule has 2 aromatic carbocycles. The molecule has 2 aromatic rings. The van der Waals surface area contributed by atoms with Crippen molar-refractivity contribution in [3.05, 3.63) is 84.5 Å². The molecule has 0 unspecified atom stereocenters. The molecule has 2 heteroatoms. The van der Waals surface area contributed by atoms with Crippen LogP contribution in [0.15, 0.2) is 61.7 Å². The molecule has 0 saturated heterocycles. The van der Waals surface area contributed by atoms with Crippen molar-refractivity contribution in [2.45, 2.75) is 18.3 Å². The Morgan fingerprint density at radius 3 is 1.62 bits per heavy atom. The zero-order valence-corrected chi connectivity index (χ0v) is 11.7. The van der Waals surface area contributed by atoms with E-state index in [0.717, 1.165) is 22.3 Å². The molecule has 0 N–H and O–H groups in total. The summed E-state index contributed by atoms with van der Waals surface area (Å²) in [6, 6.07) is 9.55. The SMILES string of the molecule is C=CCC1(CC=C)c2cc(F)ccc2-c2ccc(F)cc21. The van der Waals surface area contributed by atoms with Crippen molar-refractivity contribution in [3.8, 4) is 11.1 Å². The summed E-state index contributed by atoms with van der Waals surface area (Å²) in [6.07, 6.45) is 4.84. The Bertz CT molecular complexity index is 665. The molecule has 0 aromatic heterocycles. The number of allylic oxidation sites excluding steroid dienone is 2. The predicted octanol–water partition coefficient (Wildman–Crippen LogP) is 5.38. The van der Waals surface area contributed by atoms with Gasteiger partial charge in [0.2, 0.25) is 0 Å². The molecule has 3 rings (SSSR count). The average molecular weight is 282 g/mol. The molecule has 0 radical (unpaired) electrons. The van der Waals surface area contributed by atoms with Crippen molar-refractivity contribution in [3.63, 3.8) is 0 Å². The first-order valence-electron chi connectivity index (χ1n) is 6.94. The molecule has 0 aliphatic heterocycles. The fraction of sp³-hybridized carbons (Fsp3) is 0.158. The van der Waals surface area contributed by atoms with Gasteiger partial charge in [0, 0.05) is 5.41 Å². The van der Waals surface area contributed by atoms with Gasteiger partial charge in [-0.15, -0.1) is 13.2 Å². The third-order valence-electron chi connectivity index (χ3n) is 4.27. The molecule has 106 valence electrons. The fourth-order valence-electron chi connectivity index (χ4n) is 3.46. The third-order valence-corrected chi connectivity index (χ3v) is 4.27. The lowest BCUT2D eigenvalue weighted by molar-refractivity contribution is 0.529. The Balaban J connectivity index is 2.37. The lowest BCUT2D eigenvalue weighted by atomic mass is 9.73. The number of hydrogen-bond donors (Lipinski definition) is 0. The highest BCUT2D eigenvalue weighted by atomic mass is 19.1. The van der Waals surface area contributed by atoms with Crippen LogP contribution in [0.25, 0.3) is 11.1 Å². The molecule has 0 atom stereocenters. The standard InChI is InChI=1S/C19H16F2/c1-3-9-19(10-4-2)17-11-13(20)5-7-15(17)16-8-6-14(21)12-18(16)19/h3-8,11-12H,1-2,9-10H2. The maximum atomic E-state index is 13.8. The van der Waals surface area contributed by atoms with Crippen molar-refractivity contribution < 1.29 is 8.78 Å². The normalized spacial score (nSPS) is 14.4. The van der Waals surface area contributed by atoms with Crippen LogP contribution in [0.5, 0.6) is 0 Å². The summed E-state index contributed by atoms with van der Waals surface area (Å²) in [5.74, 6) is -0.556. The molecule has 0 saturated carbocycles. The monoisotopic (exact) mass is 282 g/mol. The van der Waals surface area contributed by atoms with Crippen molar-refractivity contribution in [1.29, 1.82) is 0 Å². The molecule has 0 bridgehead atoms. The van der Waals surface area contributed by atoms with Gasteiger partial charge in [0.1, 0.15) is 11.6 Å². The number of fused-ring (bicyclic) bond motifs is 3. The molecule has 1 aliphatic rings. The van der Waals surface area contributed by atoms with Gasteiger partial charge in [-0.2, -0.15) is 0 Å². The van der Waals surface area contributed by atoms with Crippen molar-refractivity contribution >= 4 is 0 Å². The number of benzene rings is 2. The van der Waals surface area contributed by atoms with Crippen LogP contribution in [0.1, 0.15) is 24.0 Å². The van der Waals surface area contributed by atoms with Crippen LogP contribution in [0, 0.1) is 11.6 Å². The summed E-state index contributed by atoms with van der Waals surface area (Å²) >= 11 is 0. The van der Waals surface area contributed by atoms with Gasteiger partial charge in [-0.1, -0.05) is 24.3 Å². The van der Waals surface area contributed by atoms with E-state index in [4.69, 9.17) is 0 Å². The second-order valence-corrected chi connectivity index (χ2v) is 5.45. The van der Waals surface area contributed by atoms with Crippen LogP contribution in [0.4, 0.5) is 8.78 Å². The smallest absolute Gasteiger partial charge is 0.123 e. The Kier molecular flexibility index (Phi) is 3.25. The van der Waals surface area contributed by atoms with Crippen molar-refractivity contribution in [2.24, 2.45) is 0 Å². The van der Waals surface area contributed by atoms with E-state index in [-0.39, 0.29) is 11.6 Å². The van der Waals surface area contributed by atoms with Crippen molar-refractivity contribution in [1.82, 2.24) is 0 Å². The van der Waals surface area contributed by atoms with Gasteiger partial charge in [0.25, 0.3) is 0 Å². The first kappa shape index (κ1) is 13.7. The molecular weight excluding hydrogens is 266 g/mol. The predicted molar refractivity (Wildman–Crippen MR) is 82.2 cm³/mol. The molecule has 0 nitrogen and oxygen atoms in total. The fourth-order valence-corrected chi connectivity index (χ4v) is 3.46. The van der Waals surface area contributed by atoms with Gasteiger partial charge >= 0.3 is 0 Å². The van der Waals surface area contributed by atoms with E-state index in [9.17, 15) is 8.78 Å². The van der Waals surface area contributed by atoms with E-state index in [1.807, 2.05) is 0 Å². The Labute approximate surface area is 123 Å². The summed E-state index contributed by atoms with van der Waals surface area (Å²) in [5.41, 5.74) is 3.24. The van der Waals surface area contributed by atoms with Crippen LogP contribution in [-0.2, 0) is 5.41 Å². The number of halogens is 2. The highest BCUT2D eigenvalue weighted by Gasteiger charge is 2.41. The lowest BCUT2D eigenvalue weighted by Gasteiger charge is -2.30. The van der Waals surface area contributed by atoms with E-state index >= 15 is 0 Å². The largest absolute Gasteiger partial charge is 0.207 e. The minimum Gasteiger partial charge on any atom is -0.207 e. The Morgan fingerprint density at radius 1 is 0.810 bits per heavy atom. The van der Waals surface area contributed by atoms with Gasteiger partial charge in [-0.05, 0) is 59.4 Å². The van der Waals surface area contributed by atoms with Gasteiger partial charge in [-0.3, -0.25) is 0 Å². The first-order valence-corrected chi connectivity index (χ1v) is 6.94. The van der Waals surface area contributed by atoms with Crippen LogP contribution in [0.3, 0.4) is 0 Å². The third kappa shape index (κ3) is 1.94. The zero-order valence-electron chi connectivity index (χ0n) is 11.7. The minimum atomic E-state index is -0.474. The van der Waals surface area contributed by atoms with Crippen LogP contribution in [0.2, 0.25) is 0 Å². The summed E-state index contributed by atoms with van der Waals surface area (Å²) in [7, 11) is 0. The Hall–Kier alpha value is -2.22. The van der Waals surface area contributed by atoms with E-state index in [0.29, 0.717) is 12.8 Å². The van der Waals surface area contributed by atoms with Gasteiger partial charge in [0.15, 0.2) is 0 Å². The van der Waals surface area contributed by atoms with Gasteiger partial charge < -0.3 is 0 Å². The highest BCUT2D eigenvalue weighted by Crippen LogP contribution is 2.53. The van der Waals surface area contributed by atoms with Crippen molar-refractivity contribution in [2.75, 3.05) is 0 Å². The summed E-state index contributed by atoms with van der Waals surface area (Å²) in [4.78, 5) is 0. The molecule has 21 heavy (non-hydrogen) atoms. The van der Waals surface area contributed by atoms with E-state index in [1.54, 1.807) is 36.4 Å². The summed E-state index contributed by atoms with van der Waals surface area (Å²) in [5, 5.41) is 0. The number of rotatable bonds is 4. The maximum absolute atomic E-state index is 13.8. The van der Waals surface area contributed by atoms with Crippen LogP contribution >= 0.6 is 0 Å². The molecule has 0 amide bonds. The highest BCUT2D eigenvalue weighted by molar-refractivity contribution is 5.81. The van der Waals surface area contributed by atoms with Crippen LogP contribution < -0.4 is 0 Å². The first-order chi connectivity index (χ1) is 10.1. The molecule has 0 fully saturated rings. The van der Waals surface area contributed by atoms with Gasteiger partial charge in [-0.25, -0.2) is 8.78 Å². The maximum Gasteiger partial charge on any atom is 0.123 e. The summed E-state index contributed by atoms with van der Waals surface area (Å²) < 4.78 is 27.5. The molecule has 1 aliphatic carbocycles. The Morgan fingerprint density at radius 2 is 1.24 bits per heavy atom. The van der Waals surface area contributed by atoms with Gasteiger partial charge in [0.05, 0.1) is 0 Å². The average Bonchev–Trinajstić information content (AvgIpc) is 2.70. The number of hydrogen-bond acceptors (Lipinski definition) is 0. The second kappa shape index (κ2) is 4.96. The van der Waals surface area contributed by atoms with Crippen LogP contribution in [-0.4, -0.2) is 0 Å². The van der Waals surface area contributed by atoms with E-state index < -0.39 is 5.41 Å². The minimum absolute atomic E-state index is 0.278. The van der Waals surface area contributed by atoms with E-state index in [1.165, 1.54) is 12.1 Å². The topological polar surface area (TPSA) is 0 Å². The quantitative estimate of drug-likeness (QED) is 0.660. The lowest BCUT2D eigenvalue weighted by Crippen LogP contribution is -2.24. The second-order valence-electron chi connectivity index (χ2n) is 5.45. The summed E-state index contributed by atoms with van der Waals surface area (Å²) in [6.45, 7) is 7.64. The molecule has 0 spiro atoms. The van der Waals surface area contributed by atoms with E-state index in [2.05, 4.69) is 13.2 Å². The zero-order chi connectivity index (χ0) is 15.0. The molecular formula is C19H16F2.